The van der Waals surface area contributed by atoms with Crippen LogP contribution in [0.25, 0.3) is 0 Å². The van der Waals surface area contributed by atoms with Gasteiger partial charge in [0.1, 0.15) is 0 Å². The van der Waals surface area contributed by atoms with Gasteiger partial charge in [-0.3, -0.25) is 4.90 Å². The lowest BCUT2D eigenvalue weighted by Crippen LogP contribution is -2.60. The Morgan fingerprint density at radius 1 is 1.19 bits per heavy atom. The molecule has 0 aromatic carbocycles. The second kappa shape index (κ2) is 4.30. The van der Waals surface area contributed by atoms with Crippen molar-refractivity contribution in [3.63, 3.8) is 0 Å². The zero-order chi connectivity index (χ0) is 11.8. The van der Waals surface area contributed by atoms with E-state index in [2.05, 4.69) is 37.9 Å². The summed E-state index contributed by atoms with van der Waals surface area (Å²) in [6, 6.07) is 0.838. The number of piperazine rings is 1. The topological polar surface area (TPSA) is 15.3 Å². The van der Waals surface area contributed by atoms with E-state index in [1.165, 1.54) is 38.8 Å². The molecule has 0 radical (unpaired) electrons. The summed E-state index contributed by atoms with van der Waals surface area (Å²) in [5.74, 6) is 0. The number of hydrogen-bond donors (Lipinski definition) is 1. The third kappa shape index (κ3) is 2.98. The summed E-state index contributed by atoms with van der Waals surface area (Å²) in [7, 11) is 0. The molecule has 1 saturated carbocycles. The van der Waals surface area contributed by atoms with E-state index in [1.54, 1.807) is 0 Å². The fraction of sp³-hybridized carbons (Fsp3) is 1.00. The van der Waals surface area contributed by atoms with Gasteiger partial charge in [-0.2, -0.15) is 0 Å². The summed E-state index contributed by atoms with van der Waals surface area (Å²) < 4.78 is 0. The van der Waals surface area contributed by atoms with E-state index in [9.17, 15) is 0 Å². The summed E-state index contributed by atoms with van der Waals surface area (Å²) in [5.41, 5.74) is 0.873. The van der Waals surface area contributed by atoms with Crippen LogP contribution in [0.15, 0.2) is 0 Å². The quantitative estimate of drug-likeness (QED) is 0.736. The van der Waals surface area contributed by atoms with Crippen molar-refractivity contribution in [3.05, 3.63) is 0 Å². The molecular formula is C14H28N2. The molecule has 16 heavy (non-hydrogen) atoms. The van der Waals surface area contributed by atoms with Crippen molar-refractivity contribution in [2.45, 2.75) is 65.0 Å². The molecular weight excluding hydrogens is 196 g/mol. The largest absolute Gasteiger partial charge is 0.309 e. The number of nitrogens with zero attached hydrogens (tertiary/aromatic N) is 1. The second-order valence-corrected chi connectivity index (χ2v) is 7.20. The highest BCUT2D eigenvalue weighted by Gasteiger charge is 2.35. The van der Waals surface area contributed by atoms with E-state index >= 15 is 0 Å². The van der Waals surface area contributed by atoms with Gasteiger partial charge >= 0.3 is 0 Å². The van der Waals surface area contributed by atoms with Crippen LogP contribution < -0.4 is 5.32 Å². The molecule has 1 unspecified atom stereocenters. The summed E-state index contributed by atoms with van der Waals surface area (Å²) in [6.07, 6.45) is 5.64. The van der Waals surface area contributed by atoms with Crippen molar-refractivity contribution < 1.29 is 0 Å². The van der Waals surface area contributed by atoms with Crippen LogP contribution in [-0.4, -0.2) is 36.1 Å². The lowest BCUT2D eigenvalue weighted by atomic mass is 9.74. The van der Waals surface area contributed by atoms with Crippen LogP contribution in [0.1, 0.15) is 53.4 Å². The third-order valence-corrected chi connectivity index (χ3v) is 4.30. The van der Waals surface area contributed by atoms with E-state index in [1.807, 2.05) is 0 Å². The molecule has 2 heteroatoms. The Labute approximate surface area is 101 Å². The Morgan fingerprint density at radius 2 is 1.94 bits per heavy atom. The van der Waals surface area contributed by atoms with Gasteiger partial charge < -0.3 is 5.32 Å². The van der Waals surface area contributed by atoms with Crippen molar-refractivity contribution in [3.8, 4) is 0 Å². The van der Waals surface area contributed by atoms with Crippen molar-refractivity contribution in [2.24, 2.45) is 5.41 Å². The molecule has 0 aromatic rings. The molecule has 2 rings (SSSR count). The van der Waals surface area contributed by atoms with Crippen LogP contribution >= 0.6 is 0 Å². The van der Waals surface area contributed by atoms with Gasteiger partial charge in [-0.25, -0.2) is 0 Å². The number of hydrogen-bond acceptors (Lipinski definition) is 2. The molecule has 1 aliphatic carbocycles. The van der Waals surface area contributed by atoms with E-state index in [-0.39, 0.29) is 0 Å². The maximum absolute atomic E-state index is 3.61. The highest BCUT2D eigenvalue weighted by atomic mass is 15.2. The van der Waals surface area contributed by atoms with Gasteiger partial charge in [-0.05, 0) is 38.5 Å². The molecule has 0 bridgehead atoms. The van der Waals surface area contributed by atoms with Crippen molar-refractivity contribution >= 4 is 0 Å². The monoisotopic (exact) mass is 224 g/mol. The molecule has 94 valence electrons. The molecule has 1 heterocycles. The third-order valence-electron chi connectivity index (χ3n) is 4.30. The fourth-order valence-corrected chi connectivity index (χ4v) is 3.46. The predicted octanol–water partition coefficient (Wildman–Crippen LogP) is 2.64. The molecule has 2 aliphatic rings. The first-order valence-corrected chi connectivity index (χ1v) is 6.87. The van der Waals surface area contributed by atoms with Gasteiger partial charge in [-0.1, -0.05) is 20.3 Å². The SMILES string of the molecule is CC1(C)CCCC(N2CCNC(C)(C)C2)C1. The van der Waals surface area contributed by atoms with Gasteiger partial charge in [0.15, 0.2) is 0 Å². The molecule has 2 fully saturated rings. The average molecular weight is 224 g/mol. The maximum atomic E-state index is 3.61. The fourth-order valence-electron chi connectivity index (χ4n) is 3.46. The zero-order valence-electron chi connectivity index (χ0n) is 11.5. The van der Waals surface area contributed by atoms with Crippen LogP contribution in [0.3, 0.4) is 0 Å². The minimum Gasteiger partial charge on any atom is -0.309 e. The Morgan fingerprint density at radius 3 is 2.56 bits per heavy atom. The highest BCUT2D eigenvalue weighted by Crippen LogP contribution is 2.37. The number of rotatable bonds is 1. The Hall–Kier alpha value is -0.0800. The summed E-state index contributed by atoms with van der Waals surface area (Å²) >= 11 is 0. The first-order chi connectivity index (χ1) is 7.38. The minimum atomic E-state index is 0.305. The van der Waals surface area contributed by atoms with Gasteiger partial charge in [0.25, 0.3) is 0 Å². The molecule has 0 spiro atoms. The maximum Gasteiger partial charge on any atom is 0.0252 e. The molecule has 2 nitrogen and oxygen atoms in total. The number of nitrogens with one attached hydrogen (secondary N) is 1. The van der Waals surface area contributed by atoms with Crippen molar-refractivity contribution in [1.82, 2.24) is 10.2 Å². The summed E-state index contributed by atoms with van der Waals surface area (Å²) in [4.78, 5) is 2.73. The smallest absolute Gasteiger partial charge is 0.0252 e. The molecule has 0 aromatic heterocycles. The van der Waals surface area contributed by atoms with E-state index in [0.717, 1.165) is 12.6 Å². The summed E-state index contributed by atoms with van der Waals surface area (Å²) in [5, 5.41) is 3.61. The molecule has 1 N–H and O–H groups in total. The lowest BCUT2D eigenvalue weighted by molar-refractivity contribution is 0.0530. The van der Waals surface area contributed by atoms with Gasteiger partial charge in [0, 0.05) is 31.2 Å². The van der Waals surface area contributed by atoms with Crippen LogP contribution in [0, 0.1) is 5.41 Å². The van der Waals surface area contributed by atoms with E-state index in [4.69, 9.17) is 0 Å². The van der Waals surface area contributed by atoms with Crippen LogP contribution in [-0.2, 0) is 0 Å². The molecule has 1 aliphatic heterocycles. The minimum absolute atomic E-state index is 0.305. The van der Waals surface area contributed by atoms with Gasteiger partial charge in [-0.15, -0.1) is 0 Å². The average Bonchev–Trinajstić information content (AvgIpc) is 2.14. The standard InChI is InChI=1S/C14H28N2/c1-13(2)7-5-6-12(10-13)16-9-8-15-14(3,4)11-16/h12,15H,5-11H2,1-4H3. The van der Waals surface area contributed by atoms with Crippen molar-refractivity contribution in [1.29, 1.82) is 0 Å². The van der Waals surface area contributed by atoms with Crippen molar-refractivity contribution in [2.75, 3.05) is 19.6 Å². The van der Waals surface area contributed by atoms with Crippen LogP contribution in [0.5, 0.6) is 0 Å². The normalized spacial score (nSPS) is 34.9. The highest BCUT2D eigenvalue weighted by molar-refractivity contribution is 4.92. The van der Waals surface area contributed by atoms with E-state index < -0.39 is 0 Å². The van der Waals surface area contributed by atoms with Gasteiger partial charge in [0.05, 0.1) is 0 Å². The molecule has 1 atom stereocenters. The predicted molar refractivity (Wildman–Crippen MR) is 69.7 cm³/mol. The van der Waals surface area contributed by atoms with Crippen LogP contribution in [0.2, 0.25) is 0 Å². The zero-order valence-corrected chi connectivity index (χ0v) is 11.5. The molecule has 1 saturated heterocycles. The Balaban J connectivity index is 1.96. The first kappa shape index (κ1) is 12.4. The second-order valence-electron chi connectivity index (χ2n) is 7.20. The Kier molecular flexibility index (Phi) is 3.33. The van der Waals surface area contributed by atoms with E-state index in [0.29, 0.717) is 11.0 Å². The van der Waals surface area contributed by atoms with Crippen LogP contribution in [0.4, 0.5) is 0 Å². The first-order valence-electron chi connectivity index (χ1n) is 6.87. The summed E-state index contributed by atoms with van der Waals surface area (Å²) in [6.45, 7) is 13.1. The lowest BCUT2D eigenvalue weighted by Gasteiger charge is -2.47. The molecule has 0 amide bonds. The van der Waals surface area contributed by atoms with Gasteiger partial charge in [0.2, 0.25) is 0 Å². The Bertz CT molecular complexity index is 219.